The molecule has 0 amide bonds. The SMILES string of the molecule is CN1C(c2ccc3c(c2)oc2c(-c4ccccc4)cccc23)=NC(n2c3ccccc3c3ccc4c5cccnc5n(-c5ccccc5)c4c32)=NC1c1ccccc1. The highest BCUT2D eigenvalue weighted by molar-refractivity contribution is 6.26. The molecule has 7 aromatic carbocycles. The molecule has 0 saturated heterocycles. The number of benzene rings is 7. The summed E-state index contributed by atoms with van der Waals surface area (Å²) >= 11 is 0. The first kappa shape index (κ1) is 32.5. The molecule has 0 fully saturated rings. The second kappa shape index (κ2) is 12.6. The second-order valence-corrected chi connectivity index (χ2v) is 14.9. The highest BCUT2D eigenvalue weighted by Gasteiger charge is 2.30. The molecule has 0 saturated carbocycles. The number of para-hydroxylation sites is 3. The van der Waals surface area contributed by atoms with Crippen LogP contribution in [0.1, 0.15) is 17.3 Å². The van der Waals surface area contributed by atoms with Gasteiger partial charge in [0.25, 0.3) is 0 Å². The van der Waals surface area contributed by atoms with Gasteiger partial charge in [-0.15, -0.1) is 0 Å². The Balaban J connectivity index is 1.14. The number of nitrogens with zero attached hydrogens (tertiary/aromatic N) is 6. The minimum atomic E-state index is -0.350. The van der Waals surface area contributed by atoms with Gasteiger partial charge in [-0.2, -0.15) is 4.99 Å². The molecule has 274 valence electrons. The zero-order valence-corrected chi connectivity index (χ0v) is 31.5. The Labute approximate surface area is 333 Å². The predicted octanol–water partition coefficient (Wildman–Crippen LogP) is 12.1. The van der Waals surface area contributed by atoms with Gasteiger partial charge in [-0.3, -0.25) is 9.13 Å². The molecule has 58 heavy (non-hydrogen) atoms. The average molecular weight is 747 g/mol. The largest absolute Gasteiger partial charge is 0.455 e. The monoisotopic (exact) mass is 746 g/mol. The third-order valence-electron chi connectivity index (χ3n) is 11.6. The summed E-state index contributed by atoms with van der Waals surface area (Å²) in [6.07, 6.45) is 1.52. The van der Waals surface area contributed by atoms with Crippen LogP contribution < -0.4 is 0 Å². The number of amidine groups is 1. The molecule has 0 bridgehead atoms. The summed E-state index contributed by atoms with van der Waals surface area (Å²) in [4.78, 5) is 18.2. The molecule has 1 aliphatic heterocycles. The van der Waals surface area contributed by atoms with Crippen molar-refractivity contribution in [3.63, 3.8) is 0 Å². The molecule has 1 aliphatic rings. The van der Waals surface area contributed by atoms with Crippen LogP contribution in [0, 0.1) is 0 Å². The Morgan fingerprint density at radius 1 is 0.534 bits per heavy atom. The summed E-state index contributed by atoms with van der Waals surface area (Å²) in [6, 6.07) is 61.5. The molecule has 1 unspecified atom stereocenters. The van der Waals surface area contributed by atoms with Crippen LogP contribution in [0.25, 0.3) is 82.5 Å². The quantitative estimate of drug-likeness (QED) is 0.180. The van der Waals surface area contributed by atoms with Crippen molar-refractivity contribution in [3.8, 4) is 16.8 Å². The highest BCUT2D eigenvalue weighted by Crippen LogP contribution is 2.41. The van der Waals surface area contributed by atoms with Crippen LogP contribution in [0.15, 0.2) is 197 Å². The number of fused-ring (bicyclic) bond motifs is 10. The minimum Gasteiger partial charge on any atom is -0.455 e. The van der Waals surface area contributed by atoms with E-state index in [0.717, 1.165) is 99.5 Å². The maximum atomic E-state index is 6.75. The summed E-state index contributed by atoms with van der Waals surface area (Å²) < 4.78 is 11.3. The van der Waals surface area contributed by atoms with E-state index in [1.807, 2.05) is 24.4 Å². The van der Waals surface area contributed by atoms with Crippen LogP contribution >= 0.6 is 0 Å². The summed E-state index contributed by atoms with van der Waals surface area (Å²) in [5.41, 5.74) is 10.9. The lowest BCUT2D eigenvalue weighted by molar-refractivity contribution is 0.381. The molecular weight excluding hydrogens is 713 g/mol. The normalized spacial score (nSPS) is 14.6. The third kappa shape index (κ3) is 4.77. The lowest BCUT2D eigenvalue weighted by atomic mass is 10.0. The van der Waals surface area contributed by atoms with Gasteiger partial charge in [0, 0.05) is 62.4 Å². The fraction of sp³-hybridized carbons (Fsp3) is 0.0392. The highest BCUT2D eigenvalue weighted by atomic mass is 16.3. The summed E-state index contributed by atoms with van der Waals surface area (Å²) in [5.74, 6) is 1.41. The van der Waals surface area contributed by atoms with Crippen molar-refractivity contribution >= 4 is 77.5 Å². The second-order valence-electron chi connectivity index (χ2n) is 14.9. The van der Waals surface area contributed by atoms with Gasteiger partial charge in [-0.25, -0.2) is 9.98 Å². The first-order valence-corrected chi connectivity index (χ1v) is 19.5. The smallest absolute Gasteiger partial charge is 0.234 e. The van der Waals surface area contributed by atoms with E-state index in [1.165, 1.54) is 0 Å². The lowest BCUT2D eigenvalue weighted by Crippen LogP contribution is -2.36. The summed E-state index contributed by atoms with van der Waals surface area (Å²) in [6.45, 7) is 0. The molecule has 7 nitrogen and oxygen atoms in total. The van der Waals surface area contributed by atoms with Crippen LogP contribution in [-0.2, 0) is 0 Å². The Hall–Kier alpha value is -7.77. The van der Waals surface area contributed by atoms with Gasteiger partial charge in [0.15, 0.2) is 6.17 Å². The minimum absolute atomic E-state index is 0.350. The number of hydrogen-bond acceptors (Lipinski definition) is 5. The van der Waals surface area contributed by atoms with E-state index in [-0.39, 0.29) is 6.17 Å². The Morgan fingerprint density at radius 2 is 1.21 bits per heavy atom. The van der Waals surface area contributed by atoms with Crippen molar-refractivity contribution in [1.29, 1.82) is 0 Å². The lowest BCUT2D eigenvalue weighted by Gasteiger charge is -2.32. The summed E-state index contributed by atoms with van der Waals surface area (Å²) in [5, 5.41) is 6.61. The van der Waals surface area contributed by atoms with Gasteiger partial charge in [0.2, 0.25) is 5.96 Å². The first-order chi connectivity index (χ1) is 28.7. The molecule has 11 aromatic rings. The van der Waals surface area contributed by atoms with Crippen molar-refractivity contribution in [2.75, 3.05) is 7.05 Å². The summed E-state index contributed by atoms with van der Waals surface area (Å²) in [7, 11) is 2.08. The zero-order chi connectivity index (χ0) is 38.3. The first-order valence-electron chi connectivity index (χ1n) is 19.5. The predicted molar refractivity (Wildman–Crippen MR) is 237 cm³/mol. The molecule has 4 aromatic heterocycles. The van der Waals surface area contributed by atoms with E-state index in [0.29, 0.717) is 5.96 Å². The Bertz CT molecular complexity index is 3470. The number of aliphatic imine (C=N–C) groups is 2. The number of aromatic nitrogens is 3. The van der Waals surface area contributed by atoms with Crippen LogP contribution in [0.2, 0.25) is 0 Å². The molecule has 12 rings (SSSR count). The van der Waals surface area contributed by atoms with Crippen molar-refractivity contribution in [2.45, 2.75) is 6.17 Å². The molecule has 0 aliphatic carbocycles. The zero-order valence-electron chi connectivity index (χ0n) is 31.5. The Kier molecular flexibility index (Phi) is 7.07. The van der Waals surface area contributed by atoms with E-state index in [9.17, 15) is 0 Å². The number of furan rings is 1. The molecule has 0 radical (unpaired) electrons. The maximum Gasteiger partial charge on any atom is 0.234 e. The van der Waals surface area contributed by atoms with E-state index >= 15 is 0 Å². The Morgan fingerprint density at radius 3 is 2.03 bits per heavy atom. The number of pyridine rings is 1. The van der Waals surface area contributed by atoms with Crippen molar-refractivity contribution in [1.82, 2.24) is 19.0 Å². The van der Waals surface area contributed by atoms with Crippen LogP contribution in [0.4, 0.5) is 0 Å². The van der Waals surface area contributed by atoms with Crippen LogP contribution in [-0.4, -0.2) is 37.9 Å². The van der Waals surface area contributed by atoms with Gasteiger partial charge in [-0.05, 0) is 53.6 Å². The van der Waals surface area contributed by atoms with E-state index in [2.05, 4.69) is 179 Å². The number of hydrogen-bond donors (Lipinski definition) is 0. The van der Waals surface area contributed by atoms with Gasteiger partial charge < -0.3 is 9.32 Å². The van der Waals surface area contributed by atoms with Crippen LogP contribution in [0.3, 0.4) is 0 Å². The van der Waals surface area contributed by atoms with Gasteiger partial charge in [-0.1, -0.05) is 133 Å². The molecule has 1 atom stereocenters. The van der Waals surface area contributed by atoms with Crippen molar-refractivity contribution in [3.05, 3.63) is 193 Å². The van der Waals surface area contributed by atoms with E-state index < -0.39 is 0 Å². The van der Waals surface area contributed by atoms with Crippen molar-refractivity contribution in [2.24, 2.45) is 9.98 Å². The maximum absolute atomic E-state index is 6.75. The van der Waals surface area contributed by atoms with E-state index in [4.69, 9.17) is 19.4 Å². The molecule has 5 heterocycles. The van der Waals surface area contributed by atoms with Crippen LogP contribution in [0.5, 0.6) is 0 Å². The molecular formula is C51H34N6O. The van der Waals surface area contributed by atoms with E-state index in [1.54, 1.807) is 0 Å². The fourth-order valence-corrected chi connectivity index (χ4v) is 9.01. The van der Waals surface area contributed by atoms with Gasteiger partial charge in [0.05, 0.1) is 16.6 Å². The average Bonchev–Trinajstić information content (AvgIpc) is 3.95. The topological polar surface area (TPSA) is 63.9 Å². The molecule has 0 spiro atoms. The van der Waals surface area contributed by atoms with Crippen molar-refractivity contribution < 1.29 is 4.42 Å². The molecule has 0 N–H and O–H groups in total. The third-order valence-corrected chi connectivity index (χ3v) is 11.6. The van der Waals surface area contributed by atoms with Gasteiger partial charge >= 0.3 is 0 Å². The fourth-order valence-electron chi connectivity index (χ4n) is 9.01. The standard InChI is InChI=1S/C51H34N6O/c1-55-48(33-17-7-3-8-18-33)53-51(54-49(55)34-26-27-38-41-23-13-22-36(32-15-5-2-6-16-32)47(41)58-44(38)31-34)57-43-25-12-11-21-37(43)39-28-29-40-42-24-14-30-52-50(42)56(45(40)46(39)57)35-19-9-4-10-20-35/h2-31,48H,1H3. The number of rotatable bonds is 4. The van der Waals surface area contributed by atoms with Gasteiger partial charge in [0.1, 0.15) is 22.6 Å². The molecule has 7 heteroatoms.